The van der Waals surface area contributed by atoms with Gasteiger partial charge in [-0.15, -0.1) is 0 Å². The Labute approximate surface area is 191 Å². The molecule has 0 nitrogen and oxygen atoms in total. The zero-order valence-electron chi connectivity index (χ0n) is 22.3. The first kappa shape index (κ1) is 26.0. The van der Waals surface area contributed by atoms with E-state index in [1.807, 2.05) is 0 Å². The van der Waals surface area contributed by atoms with Crippen LogP contribution in [0.4, 0.5) is 0 Å². The Bertz CT molecular complexity index is 542. The first-order valence-corrected chi connectivity index (χ1v) is 13.6. The van der Waals surface area contributed by atoms with Gasteiger partial charge in [-0.3, -0.25) is 0 Å². The summed E-state index contributed by atoms with van der Waals surface area (Å²) in [5.74, 6) is 6.18. The molecule has 7 atom stereocenters. The molecule has 0 heterocycles. The lowest BCUT2D eigenvalue weighted by Crippen LogP contribution is -2.47. The summed E-state index contributed by atoms with van der Waals surface area (Å²) in [6.45, 7) is 26.8. The summed E-state index contributed by atoms with van der Waals surface area (Å²) in [5, 5.41) is 0. The zero-order chi connectivity index (χ0) is 22.7. The van der Waals surface area contributed by atoms with E-state index in [1.165, 1.54) is 69.8 Å². The molecule has 0 bridgehead atoms. The molecule has 2 rings (SSSR count). The molecular formula is C30H56. The van der Waals surface area contributed by atoms with Gasteiger partial charge >= 0.3 is 0 Å². The topological polar surface area (TPSA) is 0 Å². The van der Waals surface area contributed by atoms with E-state index in [0.717, 1.165) is 41.4 Å². The van der Waals surface area contributed by atoms with Gasteiger partial charge in [0, 0.05) is 0 Å². The number of hydrogen-bond acceptors (Lipinski definition) is 0. The van der Waals surface area contributed by atoms with Crippen LogP contribution in [0.2, 0.25) is 0 Å². The molecule has 0 radical (unpaired) electrons. The Morgan fingerprint density at radius 3 is 2.17 bits per heavy atom. The Morgan fingerprint density at radius 1 is 1.00 bits per heavy atom. The molecule has 0 N–H and O–H groups in total. The van der Waals surface area contributed by atoms with E-state index in [1.54, 1.807) is 0 Å². The Morgan fingerprint density at radius 2 is 1.63 bits per heavy atom. The van der Waals surface area contributed by atoms with Crippen molar-refractivity contribution < 1.29 is 0 Å². The van der Waals surface area contributed by atoms with Gasteiger partial charge in [-0.1, -0.05) is 99.6 Å². The standard InChI is InChI=1S/C30H56/c1-11-25-27-16-15-26(24(8)14-12-13-21(2)3)30(27,10)20-18-28(25)29(9,23(6)7)19-17-22(4)5/h21-22,24-28H,6,11-20H2,1-5,7-10H3/t24-,25+,26-,27+,28+,29+,30-/m1/s1. The summed E-state index contributed by atoms with van der Waals surface area (Å²) in [7, 11) is 0. The second kappa shape index (κ2) is 10.6. The Balaban J connectivity index is 2.18. The van der Waals surface area contributed by atoms with Gasteiger partial charge < -0.3 is 0 Å². The molecule has 0 saturated heterocycles. The summed E-state index contributed by atoms with van der Waals surface area (Å²) in [6.07, 6.45) is 14.2. The summed E-state index contributed by atoms with van der Waals surface area (Å²) >= 11 is 0. The van der Waals surface area contributed by atoms with Crippen LogP contribution in [-0.2, 0) is 0 Å². The van der Waals surface area contributed by atoms with Crippen LogP contribution < -0.4 is 0 Å². The SMILES string of the molecule is C=C(C)[C@](C)(CCC(C)C)[C@H]1CC[C@]2(C)[C@@H]([C@H](C)CCCC(C)C)CC[C@H]2[C@@H]1CC. The van der Waals surface area contributed by atoms with Crippen molar-refractivity contribution in [3.05, 3.63) is 12.2 Å². The third-order valence-corrected chi connectivity index (χ3v) is 10.1. The average Bonchev–Trinajstić information content (AvgIpc) is 3.01. The monoisotopic (exact) mass is 416 g/mol. The van der Waals surface area contributed by atoms with Gasteiger partial charge in [0.05, 0.1) is 0 Å². The van der Waals surface area contributed by atoms with Gasteiger partial charge in [-0.05, 0) is 91.3 Å². The van der Waals surface area contributed by atoms with Crippen molar-refractivity contribution in [3.63, 3.8) is 0 Å². The lowest BCUT2D eigenvalue weighted by molar-refractivity contribution is -0.0432. The second-order valence-corrected chi connectivity index (χ2v) is 12.9. The van der Waals surface area contributed by atoms with Crippen LogP contribution in [0.3, 0.4) is 0 Å². The van der Waals surface area contributed by atoms with Crippen LogP contribution >= 0.6 is 0 Å². The molecule has 30 heavy (non-hydrogen) atoms. The molecule has 0 aliphatic heterocycles. The second-order valence-electron chi connectivity index (χ2n) is 12.9. The quantitative estimate of drug-likeness (QED) is 0.294. The first-order valence-electron chi connectivity index (χ1n) is 13.6. The highest BCUT2D eigenvalue weighted by Crippen LogP contribution is 2.65. The van der Waals surface area contributed by atoms with Gasteiger partial charge in [0.2, 0.25) is 0 Å². The molecule has 0 aromatic rings. The first-order chi connectivity index (χ1) is 14.0. The van der Waals surface area contributed by atoms with Crippen molar-refractivity contribution in [1.82, 2.24) is 0 Å². The zero-order valence-corrected chi connectivity index (χ0v) is 22.3. The Kier molecular flexibility index (Phi) is 9.16. The lowest BCUT2D eigenvalue weighted by Gasteiger charge is -2.55. The van der Waals surface area contributed by atoms with Crippen LogP contribution in [0.25, 0.3) is 0 Å². The van der Waals surface area contributed by atoms with Gasteiger partial charge in [0.15, 0.2) is 0 Å². The summed E-state index contributed by atoms with van der Waals surface area (Å²) < 4.78 is 0. The van der Waals surface area contributed by atoms with Gasteiger partial charge in [-0.2, -0.15) is 0 Å². The van der Waals surface area contributed by atoms with Gasteiger partial charge in [0.1, 0.15) is 0 Å². The molecule has 2 aliphatic rings. The fraction of sp³-hybridized carbons (Fsp3) is 0.933. The fourth-order valence-electron chi connectivity index (χ4n) is 7.98. The highest BCUT2D eigenvalue weighted by atomic mass is 14.6. The summed E-state index contributed by atoms with van der Waals surface area (Å²) in [6, 6.07) is 0. The third kappa shape index (κ3) is 5.38. The molecule has 2 aliphatic carbocycles. The third-order valence-electron chi connectivity index (χ3n) is 10.1. The minimum Gasteiger partial charge on any atom is -0.0996 e. The predicted molar refractivity (Wildman–Crippen MR) is 136 cm³/mol. The molecule has 0 spiro atoms. The molecule has 0 amide bonds. The van der Waals surface area contributed by atoms with E-state index >= 15 is 0 Å². The smallest absolute Gasteiger partial charge is 0.00907 e. The molecule has 0 unspecified atom stereocenters. The van der Waals surface area contributed by atoms with Crippen molar-refractivity contribution in [2.24, 2.45) is 52.3 Å². The average molecular weight is 417 g/mol. The van der Waals surface area contributed by atoms with Crippen LogP contribution in [0.15, 0.2) is 12.2 Å². The van der Waals surface area contributed by atoms with Crippen LogP contribution in [0.1, 0.15) is 127 Å². The maximum Gasteiger partial charge on any atom is -0.00907 e. The van der Waals surface area contributed by atoms with Crippen molar-refractivity contribution in [2.45, 2.75) is 127 Å². The summed E-state index contributed by atoms with van der Waals surface area (Å²) in [5.41, 5.74) is 2.36. The van der Waals surface area contributed by atoms with Crippen LogP contribution in [0, 0.1) is 52.3 Å². The molecule has 0 heteroatoms. The largest absolute Gasteiger partial charge is 0.0996 e. The van der Waals surface area contributed by atoms with E-state index in [-0.39, 0.29) is 0 Å². The Hall–Kier alpha value is -0.260. The maximum absolute atomic E-state index is 4.54. The van der Waals surface area contributed by atoms with E-state index in [2.05, 4.69) is 68.9 Å². The minimum absolute atomic E-state index is 0.327. The highest BCUT2D eigenvalue weighted by Gasteiger charge is 2.56. The van der Waals surface area contributed by atoms with Crippen LogP contribution in [0.5, 0.6) is 0 Å². The number of allylic oxidation sites excluding steroid dienone is 1. The molecule has 2 saturated carbocycles. The van der Waals surface area contributed by atoms with Crippen molar-refractivity contribution in [1.29, 1.82) is 0 Å². The molecule has 2 fully saturated rings. The van der Waals surface area contributed by atoms with E-state index in [0.29, 0.717) is 10.8 Å². The van der Waals surface area contributed by atoms with E-state index in [4.69, 9.17) is 0 Å². The highest BCUT2D eigenvalue weighted by molar-refractivity contribution is 5.13. The van der Waals surface area contributed by atoms with Crippen molar-refractivity contribution in [2.75, 3.05) is 0 Å². The number of fused-ring (bicyclic) bond motifs is 1. The van der Waals surface area contributed by atoms with E-state index in [9.17, 15) is 0 Å². The molecular weight excluding hydrogens is 360 g/mol. The maximum atomic E-state index is 4.54. The van der Waals surface area contributed by atoms with E-state index < -0.39 is 0 Å². The summed E-state index contributed by atoms with van der Waals surface area (Å²) in [4.78, 5) is 0. The molecule has 0 aromatic heterocycles. The molecule has 0 aromatic carbocycles. The van der Waals surface area contributed by atoms with Crippen LogP contribution in [-0.4, -0.2) is 0 Å². The normalized spacial score (nSPS) is 34.8. The van der Waals surface area contributed by atoms with Gasteiger partial charge in [-0.25, -0.2) is 0 Å². The number of hydrogen-bond donors (Lipinski definition) is 0. The molecule has 176 valence electrons. The van der Waals surface area contributed by atoms with Crippen molar-refractivity contribution in [3.8, 4) is 0 Å². The minimum atomic E-state index is 0.327. The predicted octanol–water partition coefficient (Wildman–Crippen LogP) is 9.94. The van der Waals surface area contributed by atoms with Gasteiger partial charge in [0.25, 0.3) is 0 Å². The van der Waals surface area contributed by atoms with Crippen molar-refractivity contribution >= 4 is 0 Å². The number of rotatable bonds is 11. The fourth-order valence-corrected chi connectivity index (χ4v) is 7.98. The lowest BCUT2D eigenvalue weighted by atomic mass is 9.50.